The molecule has 0 radical (unpaired) electrons. The predicted octanol–water partition coefficient (Wildman–Crippen LogP) is 6.55. The summed E-state index contributed by atoms with van der Waals surface area (Å²) in [6, 6.07) is 17.8. The zero-order chi connectivity index (χ0) is 19.3. The summed E-state index contributed by atoms with van der Waals surface area (Å²) in [7, 11) is 0. The first-order chi connectivity index (χ1) is 12.9. The van der Waals surface area contributed by atoms with Crippen LogP contribution in [0.5, 0.6) is 0 Å². The Bertz CT molecular complexity index is 949. The van der Waals surface area contributed by atoms with E-state index in [0.29, 0.717) is 0 Å². The molecule has 2 atom stereocenters. The van der Waals surface area contributed by atoms with Crippen molar-refractivity contribution in [2.45, 2.75) is 24.5 Å². The molecular weight excluding hydrogens is 426 g/mol. The number of allylic oxidation sites excluding steroid dienone is 2. The van der Waals surface area contributed by atoms with Gasteiger partial charge in [0.25, 0.3) is 0 Å². The van der Waals surface area contributed by atoms with Crippen LogP contribution in [-0.4, -0.2) is 11.4 Å². The van der Waals surface area contributed by atoms with Crippen LogP contribution in [0, 0.1) is 6.92 Å². The minimum absolute atomic E-state index is 0.0707. The highest BCUT2D eigenvalue weighted by Gasteiger charge is 2.64. The van der Waals surface area contributed by atoms with E-state index in [9.17, 15) is 4.79 Å². The van der Waals surface area contributed by atoms with Gasteiger partial charge in [0.2, 0.25) is 5.78 Å². The van der Waals surface area contributed by atoms with Gasteiger partial charge in [0, 0.05) is 0 Å². The average Bonchev–Trinajstić information content (AvgIpc) is 2.67. The van der Waals surface area contributed by atoms with Crippen molar-refractivity contribution in [3.63, 3.8) is 0 Å². The third kappa shape index (κ3) is 2.78. The lowest BCUT2D eigenvalue weighted by Crippen LogP contribution is -2.56. The number of aryl methyl sites for hydroxylation is 1. The molecule has 6 heteroatoms. The summed E-state index contributed by atoms with van der Waals surface area (Å²) in [6.07, 6.45) is -0.307. The highest BCUT2D eigenvalue weighted by molar-refractivity contribution is 6.61. The number of hydrogen-bond donors (Lipinski definition) is 0. The van der Waals surface area contributed by atoms with Crippen molar-refractivity contribution in [2.24, 2.45) is 0 Å². The summed E-state index contributed by atoms with van der Waals surface area (Å²) >= 11 is 25.4. The number of carbonyl (C=O) groups excluding carboxylic acids is 1. The van der Waals surface area contributed by atoms with Crippen molar-refractivity contribution in [3.8, 4) is 0 Å². The maximum absolute atomic E-state index is 12.2. The summed E-state index contributed by atoms with van der Waals surface area (Å²) in [5.74, 6) is -0.871. The Morgan fingerprint density at radius 3 is 1.93 bits per heavy atom. The van der Waals surface area contributed by atoms with Gasteiger partial charge in [-0.3, -0.25) is 4.79 Å². The Labute approximate surface area is 177 Å². The number of ketones is 1. The van der Waals surface area contributed by atoms with E-state index in [1.54, 1.807) is 0 Å². The smallest absolute Gasteiger partial charge is 0.218 e. The molecule has 2 aromatic rings. The Morgan fingerprint density at radius 2 is 1.37 bits per heavy atom. The fourth-order valence-corrected chi connectivity index (χ4v) is 4.91. The zero-order valence-electron chi connectivity index (χ0n) is 14.2. The number of carbonyl (C=O) groups is 1. The SMILES string of the molecule is Cc1ccc(C2C(c3ccccc3)OC23C(Cl)=C(Cl)C(=O)C(Cl)=C3Cl)cc1. The Balaban J connectivity index is 1.91. The Kier molecular flexibility index (Phi) is 4.90. The van der Waals surface area contributed by atoms with Crippen LogP contribution in [0.4, 0.5) is 0 Å². The van der Waals surface area contributed by atoms with Crippen LogP contribution < -0.4 is 0 Å². The molecule has 0 N–H and O–H groups in total. The van der Waals surface area contributed by atoms with Gasteiger partial charge in [0.15, 0.2) is 5.60 Å². The van der Waals surface area contributed by atoms with Crippen molar-refractivity contribution < 1.29 is 9.53 Å². The number of hydrogen-bond acceptors (Lipinski definition) is 2. The molecule has 138 valence electrons. The molecule has 2 nitrogen and oxygen atoms in total. The molecule has 4 rings (SSSR count). The highest BCUT2D eigenvalue weighted by Crippen LogP contribution is 2.65. The van der Waals surface area contributed by atoms with E-state index in [1.165, 1.54) is 0 Å². The predicted molar refractivity (Wildman–Crippen MR) is 109 cm³/mol. The van der Waals surface area contributed by atoms with Crippen molar-refractivity contribution in [2.75, 3.05) is 0 Å². The van der Waals surface area contributed by atoms with Crippen LogP contribution in [0.3, 0.4) is 0 Å². The third-order valence-electron chi connectivity index (χ3n) is 5.05. The van der Waals surface area contributed by atoms with E-state index in [2.05, 4.69) is 0 Å². The number of rotatable bonds is 2. The number of halogens is 4. The molecule has 2 unspecified atom stereocenters. The summed E-state index contributed by atoms with van der Waals surface area (Å²) in [5.41, 5.74) is 1.82. The highest BCUT2D eigenvalue weighted by atomic mass is 35.5. The third-order valence-corrected chi connectivity index (χ3v) is 6.91. The second-order valence-corrected chi connectivity index (χ2v) is 8.17. The number of benzene rings is 2. The maximum atomic E-state index is 12.2. The van der Waals surface area contributed by atoms with E-state index < -0.39 is 11.4 Å². The standard InChI is InChI=1S/C21H14Cl4O2/c1-11-7-9-12(10-8-11)14-18(13-5-3-2-4-6-13)27-21(14)19(24)15(22)17(26)16(23)20(21)25/h2-10,14,18H,1H3. The fraction of sp³-hybridized carbons (Fsp3) is 0.190. The first-order valence-electron chi connectivity index (χ1n) is 8.33. The molecule has 27 heavy (non-hydrogen) atoms. The van der Waals surface area contributed by atoms with Gasteiger partial charge in [-0.25, -0.2) is 0 Å². The fourth-order valence-electron chi connectivity index (χ4n) is 3.66. The molecule has 1 aliphatic carbocycles. The molecule has 1 spiro atoms. The zero-order valence-corrected chi connectivity index (χ0v) is 17.2. The van der Waals surface area contributed by atoms with Crippen molar-refractivity contribution >= 4 is 52.2 Å². The Hall–Kier alpha value is -1.29. The van der Waals surface area contributed by atoms with Crippen molar-refractivity contribution in [1.82, 2.24) is 0 Å². The summed E-state index contributed by atoms with van der Waals surface area (Å²) in [6.45, 7) is 2.01. The number of ether oxygens (including phenoxy) is 1. The minimum Gasteiger partial charge on any atom is -0.354 e. The lowest BCUT2D eigenvalue weighted by atomic mass is 9.68. The van der Waals surface area contributed by atoms with E-state index in [-0.39, 0.29) is 32.2 Å². The average molecular weight is 440 g/mol. The molecule has 1 fully saturated rings. The molecule has 1 heterocycles. The monoisotopic (exact) mass is 438 g/mol. The largest absolute Gasteiger partial charge is 0.354 e. The molecule has 2 aliphatic rings. The normalized spacial score (nSPS) is 24.4. The Morgan fingerprint density at radius 1 is 0.815 bits per heavy atom. The van der Waals surface area contributed by atoms with Gasteiger partial charge in [-0.2, -0.15) is 0 Å². The molecule has 0 amide bonds. The lowest BCUT2D eigenvalue weighted by molar-refractivity contribution is -0.183. The van der Waals surface area contributed by atoms with Gasteiger partial charge in [-0.05, 0) is 18.1 Å². The first kappa shape index (κ1) is 19.0. The summed E-state index contributed by atoms with van der Waals surface area (Å²) in [5, 5.41) is -0.174. The van der Waals surface area contributed by atoms with Crippen LogP contribution >= 0.6 is 46.4 Å². The quantitative estimate of drug-likeness (QED) is 0.530. The second kappa shape index (κ2) is 6.95. The second-order valence-electron chi connectivity index (χ2n) is 6.66. The summed E-state index contributed by atoms with van der Waals surface area (Å²) < 4.78 is 6.26. The van der Waals surface area contributed by atoms with Gasteiger partial charge in [-0.1, -0.05) is 107 Å². The molecular formula is C21H14Cl4O2. The summed E-state index contributed by atoms with van der Waals surface area (Å²) in [4.78, 5) is 12.2. The van der Waals surface area contributed by atoms with Gasteiger partial charge in [0.05, 0.1) is 22.1 Å². The van der Waals surface area contributed by atoms with Gasteiger partial charge >= 0.3 is 0 Å². The first-order valence-corrected chi connectivity index (χ1v) is 9.84. The van der Waals surface area contributed by atoms with Crippen LogP contribution in [0.1, 0.15) is 28.7 Å². The number of Topliss-reactive ketones (excluding diaryl/α,β-unsaturated/α-hetero) is 1. The van der Waals surface area contributed by atoms with Crippen LogP contribution in [-0.2, 0) is 9.53 Å². The van der Waals surface area contributed by atoms with Crippen LogP contribution in [0.15, 0.2) is 74.7 Å². The van der Waals surface area contributed by atoms with Crippen molar-refractivity contribution in [1.29, 1.82) is 0 Å². The van der Waals surface area contributed by atoms with Crippen molar-refractivity contribution in [3.05, 3.63) is 91.4 Å². The van der Waals surface area contributed by atoms with Crippen LogP contribution in [0.25, 0.3) is 0 Å². The molecule has 1 aliphatic heterocycles. The molecule has 2 aromatic carbocycles. The topological polar surface area (TPSA) is 26.3 Å². The van der Waals surface area contributed by atoms with Gasteiger partial charge in [-0.15, -0.1) is 0 Å². The lowest BCUT2D eigenvalue weighted by Gasteiger charge is -2.56. The minimum atomic E-state index is -1.26. The maximum Gasteiger partial charge on any atom is 0.218 e. The molecule has 1 saturated heterocycles. The van der Waals surface area contributed by atoms with E-state index in [0.717, 1.165) is 16.7 Å². The van der Waals surface area contributed by atoms with Gasteiger partial charge in [0.1, 0.15) is 10.1 Å². The van der Waals surface area contributed by atoms with Crippen LogP contribution in [0.2, 0.25) is 0 Å². The van der Waals surface area contributed by atoms with E-state index in [4.69, 9.17) is 51.1 Å². The molecule has 0 bridgehead atoms. The van der Waals surface area contributed by atoms with E-state index >= 15 is 0 Å². The molecule has 0 saturated carbocycles. The van der Waals surface area contributed by atoms with Gasteiger partial charge < -0.3 is 4.74 Å². The molecule has 0 aromatic heterocycles. The van der Waals surface area contributed by atoms with E-state index in [1.807, 2.05) is 61.5 Å².